The summed E-state index contributed by atoms with van der Waals surface area (Å²) in [6.45, 7) is 12.7. The van der Waals surface area contributed by atoms with Gasteiger partial charge >= 0.3 is 26.2 Å². The van der Waals surface area contributed by atoms with E-state index in [0.717, 1.165) is 11.1 Å². The summed E-state index contributed by atoms with van der Waals surface area (Å²) in [5.74, 6) is 6.48. The minimum Gasteiger partial charge on any atom is -0.283 e. The SMILES string of the molecule is CC(C)(C)C#CC(=[C-]C(C)(C)C)C=[C-]c1ccccc1.[Zr+4].c1cc[cH-]c1.c1cc[cH-]c1. The molecule has 0 unspecified atom stereocenters. The maximum absolute atomic E-state index is 3.42. The average molecular weight is 486 g/mol. The summed E-state index contributed by atoms with van der Waals surface area (Å²) in [5, 5.41) is 0. The van der Waals surface area contributed by atoms with Crippen LogP contribution in [0.15, 0.2) is 103 Å². The van der Waals surface area contributed by atoms with Crippen molar-refractivity contribution in [1.82, 2.24) is 0 Å². The van der Waals surface area contributed by atoms with E-state index in [1.54, 1.807) is 0 Å². The first kappa shape index (κ1) is 28.8. The van der Waals surface area contributed by atoms with E-state index in [2.05, 4.69) is 65.5 Å². The van der Waals surface area contributed by atoms with Crippen molar-refractivity contribution < 1.29 is 26.2 Å². The van der Waals surface area contributed by atoms with Crippen LogP contribution in [-0.2, 0) is 26.2 Å². The number of rotatable bonds is 2. The third kappa shape index (κ3) is 18.3. The average Bonchev–Trinajstić information content (AvgIpc) is 3.42. The van der Waals surface area contributed by atoms with Gasteiger partial charge in [0.15, 0.2) is 0 Å². The zero-order valence-electron chi connectivity index (χ0n) is 19.7. The predicted molar refractivity (Wildman–Crippen MR) is 131 cm³/mol. The normalized spacial score (nSPS) is 11.1. The van der Waals surface area contributed by atoms with Gasteiger partial charge in [-0.05, 0) is 0 Å². The maximum Gasteiger partial charge on any atom is 4.00 e. The van der Waals surface area contributed by atoms with Crippen LogP contribution in [0.1, 0.15) is 47.1 Å². The molecule has 0 atom stereocenters. The fourth-order valence-electron chi connectivity index (χ4n) is 2.09. The van der Waals surface area contributed by atoms with Gasteiger partial charge in [-0.1, -0.05) is 53.0 Å². The molecule has 0 N–H and O–H groups in total. The molecule has 3 aromatic carbocycles. The van der Waals surface area contributed by atoms with E-state index < -0.39 is 0 Å². The van der Waals surface area contributed by atoms with Crippen molar-refractivity contribution >= 4 is 0 Å². The Labute approximate surface area is 210 Å². The fraction of sp³-hybridized carbons (Fsp3) is 0.267. The first-order valence-electron chi connectivity index (χ1n) is 10.3. The van der Waals surface area contributed by atoms with Gasteiger partial charge in [0, 0.05) is 5.41 Å². The van der Waals surface area contributed by atoms with Crippen molar-refractivity contribution in [3.63, 3.8) is 0 Å². The Morgan fingerprint density at radius 2 is 1.26 bits per heavy atom. The number of benzene rings is 1. The van der Waals surface area contributed by atoms with Crippen molar-refractivity contribution in [1.29, 1.82) is 0 Å². The van der Waals surface area contributed by atoms with Crippen LogP contribution in [0.5, 0.6) is 0 Å². The van der Waals surface area contributed by atoms with E-state index in [1.807, 2.05) is 97.1 Å². The first-order chi connectivity index (χ1) is 14.2. The predicted octanol–water partition coefficient (Wildman–Crippen LogP) is 8.03. The fourth-order valence-corrected chi connectivity index (χ4v) is 2.09. The van der Waals surface area contributed by atoms with E-state index in [9.17, 15) is 0 Å². The number of allylic oxidation sites excluding steroid dienone is 3. The van der Waals surface area contributed by atoms with Crippen LogP contribution in [0.2, 0.25) is 0 Å². The largest absolute Gasteiger partial charge is 4.00 e. The molecule has 0 saturated carbocycles. The van der Waals surface area contributed by atoms with Gasteiger partial charge in [0.25, 0.3) is 0 Å². The molecule has 0 heterocycles. The third-order valence-electron chi connectivity index (χ3n) is 3.35. The standard InChI is InChI=1S/C20H24.2C5H5.Zr/c1-19(2,3)15-14-18(16-20(4,5)6)13-12-17-10-8-7-9-11-17;2*1-2-4-5-3-1;/h7-11,13H,1-6H3;2*1-5H;/q-2;2*-1;+4. The third-order valence-corrected chi connectivity index (χ3v) is 3.35. The Morgan fingerprint density at radius 1 is 0.774 bits per heavy atom. The molecule has 0 fully saturated rings. The molecule has 3 rings (SSSR count). The van der Waals surface area contributed by atoms with Gasteiger partial charge in [0.05, 0.1) is 0 Å². The van der Waals surface area contributed by atoms with Crippen molar-refractivity contribution in [3.05, 3.63) is 120 Å². The quantitative estimate of drug-likeness (QED) is 0.196. The molecule has 1 heteroatoms. The topological polar surface area (TPSA) is 0 Å². The van der Waals surface area contributed by atoms with Gasteiger partial charge in [-0.3, -0.25) is 5.92 Å². The van der Waals surface area contributed by atoms with E-state index in [-0.39, 0.29) is 37.0 Å². The summed E-state index contributed by atoms with van der Waals surface area (Å²) in [6, 6.07) is 30.1. The summed E-state index contributed by atoms with van der Waals surface area (Å²) in [4.78, 5) is 0. The Hall–Kier alpha value is -2.16. The van der Waals surface area contributed by atoms with Gasteiger partial charge in [-0.2, -0.15) is 47.9 Å². The molecule has 0 nitrogen and oxygen atoms in total. The summed E-state index contributed by atoms with van der Waals surface area (Å²) in [6.07, 6.45) is 8.63. The Morgan fingerprint density at radius 3 is 1.61 bits per heavy atom. The molecule has 0 saturated heterocycles. The van der Waals surface area contributed by atoms with Gasteiger partial charge in [0.2, 0.25) is 0 Å². The second-order valence-corrected chi connectivity index (χ2v) is 8.87. The molecule has 0 aliphatic rings. The molecule has 158 valence electrons. The van der Waals surface area contributed by atoms with Crippen LogP contribution >= 0.6 is 0 Å². The molecular formula is C30H34Zr. The Kier molecular flexibility index (Phi) is 14.5. The number of hydrogen-bond donors (Lipinski definition) is 0. The van der Waals surface area contributed by atoms with Gasteiger partial charge in [0.1, 0.15) is 0 Å². The monoisotopic (exact) mass is 484 g/mol. The van der Waals surface area contributed by atoms with Crippen LogP contribution < -0.4 is 0 Å². The molecule has 0 spiro atoms. The minimum atomic E-state index is -0.0171. The second kappa shape index (κ2) is 15.6. The molecule has 0 radical (unpaired) electrons. The molecule has 0 aliphatic heterocycles. The number of hydrogen-bond acceptors (Lipinski definition) is 0. The zero-order chi connectivity index (χ0) is 22.3. The summed E-state index contributed by atoms with van der Waals surface area (Å²) in [5.41, 5.74) is 1.93. The molecule has 3 aromatic rings. The van der Waals surface area contributed by atoms with Crippen LogP contribution in [-0.4, -0.2) is 0 Å². The van der Waals surface area contributed by atoms with Crippen molar-refractivity contribution in [3.8, 4) is 11.8 Å². The molecule has 0 amide bonds. The summed E-state index contributed by atoms with van der Waals surface area (Å²) in [7, 11) is 0. The molecular weight excluding hydrogens is 452 g/mol. The first-order valence-corrected chi connectivity index (χ1v) is 10.3. The zero-order valence-corrected chi connectivity index (χ0v) is 22.2. The molecule has 0 aromatic heterocycles. The molecule has 0 bridgehead atoms. The van der Waals surface area contributed by atoms with Crippen molar-refractivity contribution in [2.24, 2.45) is 10.8 Å². The van der Waals surface area contributed by atoms with E-state index >= 15 is 0 Å². The van der Waals surface area contributed by atoms with Crippen LogP contribution in [0.4, 0.5) is 0 Å². The van der Waals surface area contributed by atoms with E-state index in [0.29, 0.717) is 0 Å². The Bertz CT molecular complexity index is 822. The van der Waals surface area contributed by atoms with Gasteiger partial charge in [-0.15, -0.1) is 24.3 Å². The maximum atomic E-state index is 3.42. The molecule has 0 aliphatic carbocycles. The molecule has 31 heavy (non-hydrogen) atoms. The second-order valence-electron chi connectivity index (χ2n) is 8.87. The van der Waals surface area contributed by atoms with Crippen LogP contribution in [0.3, 0.4) is 0 Å². The van der Waals surface area contributed by atoms with Crippen LogP contribution in [0.25, 0.3) is 0 Å². The van der Waals surface area contributed by atoms with Gasteiger partial charge in [-0.25, -0.2) is 48.1 Å². The van der Waals surface area contributed by atoms with E-state index in [4.69, 9.17) is 0 Å². The van der Waals surface area contributed by atoms with Gasteiger partial charge < -0.3 is 0 Å². The summed E-state index contributed by atoms with van der Waals surface area (Å²) < 4.78 is 0. The minimum absolute atomic E-state index is 0. The van der Waals surface area contributed by atoms with Crippen LogP contribution in [0, 0.1) is 34.8 Å². The van der Waals surface area contributed by atoms with E-state index in [1.165, 1.54) is 0 Å². The van der Waals surface area contributed by atoms with Crippen molar-refractivity contribution in [2.75, 3.05) is 0 Å². The smallest absolute Gasteiger partial charge is 0.283 e. The van der Waals surface area contributed by atoms with Crippen molar-refractivity contribution in [2.45, 2.75) is 41.5 Å². The Balaban J connectivity index is 0.000000661. The summed E-state index contributed by atoms with van der Waals surface area (Å²) >= 11 is 0.